The van der Waals surface area contributed by atoms with Crippen molar-refractivity contribution in [2.75, 3.05) is 18.2 Å². The predicted molar refractivity (Wildman–Crippen MR) is 111 cm³/mol. The Bertz CT molecular complexity index is 763. The predicted octanol–water partition coefficient (Wildman–Crippen LogP) is 3.21. The fourth-order valence-corrected chi connectivity index (χ4v) is 4.03. The summed E-state index contributed by atoms with van der Waals surface area (Å²) in [5.41, 5.74) is -0.485. The first-order chi connectivity index (χ1) is 13.4. The molecule has 3 amide bonds. The molecule has 8 heteroatoms. The fourth-order valence-electron chi connectivity index (χ4n) is 3.37. The first-order valence-electron chi connectivity index (χ1n) is 9.38. The molecule has 7 nitrogen and oxygen atoms in total. The van der Waals surface area contributed by atoms with Crippen molar-refractivity contribution in [2.45, 2.75) is 40.0 Å². The highest BCUT2D eigenvalue weighted by Gasteiger charge is 2.51. The van der Waals surface area contributed by atoms with Gasteiger partial charge in [-0.25, -0.2) is 0 Å². The molecule has 0 saturated heterocycles. The van der Waals surface area contributed by atoms with E-state index in [1.54, 1.807) is 31.4 Å². The Kier molecular flexibility index (Phi) is 7.62. The number of rotatable bonds is 8. The second-order valence-corrected chi connectivity index (χ2v) is 7.72. The number of hydrogen-bond acceptors (Lipinski definition) is 5. The lowest BCUT2D eigenvalue weighted by Gasteiger charge is -2.36. The van der Waals surface area contributed by atoms with Crippen molar-refractivity contribution in [1.82, 2.24) is 5.32 Å². The van der Waals surface area contributed by atoms with Crippen LogP contribution in [0.3, 0.4) is 0 Å². The Morgan fingerprint density at radius 1 is 1.29 bits per heavy atom. The van der Waals surface area contributed by atoms with E-state index in [9.17, 15) is 14.4 Å². The Labute approximate surface area is 169 Å². The lowest BCUT2D eigenvalue weighted by molar-refractivity contribution is -0.145. The first kappa shape index (κ1) is 21.9. The van der Waals surface area contributed by atoms with Gasteiger partial charge < -0.3 is 15.4 Å². The molecule has 1 aliphatic heterocycles. The molecule has 0 saturated carbocycles. The lowest BCUT2D eigenvalue weighted by Crippen LogP contribution is -2.54. The zero-order valence-corrected chi connectivity index (χ0v) is 17.5. The van der Waals surface area contributed by atoms with Gasteiger partial charge in [0, 0.05) is 5.69 Å². The molecule has 0 aliphatic carbocycles. The number of nitrogens with zero attached hydrogens (tertiary/aromatic N) is 1. The second kappa shape index (κ2) is 9.73. The van der Waals surface area contributed by atoms with Crippen LogP contribution >= 0.6 is 11.8 Å². The minimum Gasteiger partial charge on any atom is -0.497 e. The van der Waals surface area contributed by atoms with E-state index in [-0.39, 0.29) is 28.7 Å². The van der Waals surface area contributed by atoms with Crippen LogP contribution in [-0.4, -0.2) is 35.8 Å². The van der Waals surface area contributed by atoms with Gasteiger partial charge in [-0.1, -0.05) is 39.0 Å². The summed E-state index contributed by atoms with van der Waals surface area (Å²) in [7, 11) is 1.57. The molecule has 0 spiro atoms. The van der Waals surface area contributed by atoms with Crippen LogP contribution in [0.5, 0.6) is 5.75 Å². The van der Waals surface area contributed by atoms with Crippen molar-refractivity contribution < 1.29 is 19.1 Å². The van der Waals surface area contributed by atoms with Gasteiger partial charge >= 0.3 is 0 Å². The van der Waals surface area contributed by atoms with E-state index >= 15 is 0 Å². The molecule has 1 aliphatic rings. The van der Waals surface area contributed by atoms with Crippen LogP contribution in [0.2, 0.25) is 0 Å². The van der Waals surface area contributed by atoms with Crippen molar-refractivity contribution in [1.29, 1.82) is 0 Å². The van der Waals surface area contributed by atoms with Crippen LogP contribution in [0.1, 0.15) is 40.0 Å². The highest BCUT2D eigenvalue weighted by Crippen LogP contribution is 2.38. The number of benzene rings is 1. The van der Waals surface area contributed by atoms with Gasteiger partial charge in [0.15, 0.2) is 5.17 Å². The molecular formula is C20H27N3O4S. The van der Waals surface area contributed by atoms with Gasteiger partial charge in [-0.15, -0.1) is 0 Å². The number of anilines is 1. The molecule has 2 unspecified atom stereocenters. The number of nitrogens with one attached hydrogen (secondary N) is 2. The second-order valence-electron chi connectivity index (χ2n) is 6.76. The number of amidine groups is 1. The first-order valence-corrected chi connectivity index (χ1v) is 10.4. The Morgan fingerprint density at radius 2 is 1.96 bits per heavy atom. The van der Waals surface area contributed by atoms with Gasteiger partial charge in [0.25, 0.3) is 5.91 Å². The third kappa shape index (κ3) is 4.73. The summed E-state index contributed by atoms with van der Waals surface area (Å²) in [5.74, 6) is -0.370. The highest BCUT2D eigenvalue weighted by atomic mass is 32.2. The molecule has 0 radical (unpaired) electrons. The number of carbonyl (C=O) groups excluding carboxylic acids is 3. The zero-order chi connectivity index (χ0) is 20.7. The van der Waals surface area contributed by atoms with Gasteiger partial charge in [-0.3, -0.25) is 14.4 Å². The minimum absolute atomic E-state index is 0.0298. The monoisotopic (exact) mass is 405 g/mol. The highest BCUT2D eigenvalue weighted by molar-refractivity contribution is 8.14. The Hall–Kier alpha value is -2.35. The maximum Gasteiger partial charge on any atom is 0.264 e. The number of amides is 3. The molecule has 28 heavy (non-hydrogen) atoms. The summed E-state index contributed by atoms with van der Waals surface area (Å²) in [4.78, 5) is 41.7. The van der Waals surface area contributed by atoms with Gasteiger partial charge in [0.05, 0.1) is 12.9 Å². The maximum atomic E-state index is 12.7. The average molecular weight is 406 g/mol. The van der Waals surface area contributed by atoms with E-state index in [0.29, 0.717) is 17.9 Å². The number of methoxy groups -OCH3 is 1. The van der Waals surface area contributed by atoms with Crippen LogP contribution in [0, 0.1) is 11.3 Å². The van der Waals surface area contributed by atoms with E-state index in [1.807, 2.05) is 20.8 Å². The molecule has 0 aromatic heterocycles. The number of ether oxygens (including phenoxy) is 1. The van der Waals surface area contributed by atoms with Crippen molar-refractivity contribution in [3.63, 3.8) is 0 Å². The summed E-state index contributed by atoms with van der Waals surface area (Å²) in [6.07, 6.45) is 2.06. The summed E-state index contributed by atoms with van der Waals surface area (Å²) in [6, 6.07) is 6.95. The molecular weight excluding hydrogens is 378 g/mol. The maximum absolute atomic E-state index is 12.7. The summed E-state index contributed by atoms with van der Waals surface area (Å²) >= 11 is 1.04. The fraction of sp³-hybridized carbons (Fsp3) is 0.500. The van der Waals surface area contributed by atoms with Crippen LogP contribution < -0.4 is 15.4 Å². The average Bonchev–Trinajstić information content (AvgIpc) is 2.67. The van der Waals surface area contributed by atoms with E-state index < -0.39 is 11.3 Å². The van der Waals surface area contributed by atoms with Crippen molar-refractivity contribution in [2.24, 2.45) is 16.3 Å². The van der Waals surface area contributed by atoms with Crippen LogP contribution in [0.15, 0.2) is 29.3 Å². The van der Waals surface area contributed by atoms with E-state index in [1.165, 1.54) is 0 Å². The molecule has 2 rings (SSSR count). The SMILES string of the molecule is CCCC(C)C1(CC)C(=O)N=C(SCC(=O)Nc2ccc(OC)cc2)NC1=O. The molecule has 152 valence electrons. The summed E-state index contributed by atoms with van der Waals surface area (Å²) in [5, 5.41) is 5.64. The largest absolute Gasteiger partial charge is 0.497 e. The smallest absolute Gasteiger partial charge is 0.264 e. The Morgan fingerprint density at radius 3 is 2.50 bits per heavy atom. The number of hydrogen-bond donors (Lipinski definition) is 2. The van der Waals surface area contributed by atoms with Gasteiger partial charge in [-0.2, -0.15) is 4.99 Å². The molecule has 0 bridgehead atoms. The number of aliphatic imine (C=N–C) groups is 1. The topological polar surface area (TPSA) is 96.9 Å². The molecule has 1 aromatic rings. The molecule has 1 heterocycles. The summed E-state index contributed by atoms with van der Waals surface area (Å²) in [6.45, 7) is 5.77. The number of thioether (sulfide) groups is 1. The molecule has 2 N–H and O–H groups in total. The van der Waals surface area contributed by atoms with E-state index in [4.69, 9.17) is 4.74 Å². The van der Waals surface area contributed by atoms with Crippen molar-refractivity contribution in [3.8, 4) is 5.75 Å². The van der Waals surface area contributed by atoms with Crippen LogP contribution in [-0.2, 0) is 14.4 Å². The van der Waals surface area contributed by atoms with Crippen molar-refractivity contribution in [3.05, 3.63) is 24.3 Å². The van der Waals surface area contributed by atoms with Gasteiger partial charge in [0.2, 0.25) is 11.8 Å². The van der Waals surface area contributed by atoms with Gasteiger partial charge in [0.1, 0.15) is 11.2 Å². The van der Waals surface area contributed by atoms with E-state index in [0.717, 1.165) is 24.6 Å². The zero-order valence-electron chi connectivity index (χ0n) is 16.7. The van der Waals surface area contributed by atoms with Crippen LogP contribution in [0.4, 0.5) is 5.69 Å². The number of carbonyl (C=O) groups is 3. The lowest BCUT2D eigenvalue weighted by atomic mass is 9.70. The Balaban J connectivity index is 1.99. The van der Waals surface area contributed by atoms with Crippen LogP contribution in [0.25, 0.3) is 0 Å². The third-order valence-electron chi connectivity index (χ3n) is 5.04. The van der Waals surface area contributed by atoms with Gasteiger partial charge in [-0.05, 0) is 43.0 Å². The summed E-state index contributed by atoms with van der Waals surface area (Å²) < 4.78 is 5.07. The standard InChI is InChI=1S/C20H27N3O4S/c1-5-7-13(3)20(6-2)17(25)22-19(23-18(20)26)28-12-16(24)21-14-8-10-15(27-4)11-9-14/h8-11,13H,5-7,12H2,1-4H3,(H,21,24)(H,22,23,25,26). The van der Waals surface area contributed by atoms with E-state index in [2.05, 4.69) is 15.6 Å². The molecule has 1 aromatic carbocycles. The minimum atomic E-state index is -1.12. The normalized spacial score (nSPS) is 20.2. The quantitative estimate of drug-likeness (QED) is 0.647. The molecule has 0 fully saturated rings. The molecule has 2 atom stereocenters. The van der Waals surface area contributed by atoms with Crippen molar-refractivity contribution >= 4 is 40.3 Å². The third-order valence-corrected chi connectivity index (χ3v) is 5.92.